The maximum atomic E-state index is 13.2. The zero-order chi connectivity index (χ0) is 16.8. The average Bonchev–Trinajstić information content (AvgIpc) is 2.53. The molecular weight excluding hydrogens is 380 g/mol. The van der Waals surface area contributed by atoms with Crippen molar-refractivity contribution < 1.29 is 14.4 Å². The summed E-state index contributed by atoms with van der Waals surface area (Å²) in [5.41, 5.74) is -0.0700. The normalized spacial score (nSPS) is 27.2. The highest BCUT2D eigenvalue weighted by Gasteiger charge is 2.57. The third-order valence-corrected chi connectivity index (χ3v) is 5.62. The average molecular weight is 394 g/mol. The summed E-state index contributed by atoms with van der Waals surface area (Å²) >= 11 is 9.30. The second kappa shape index (κ2) is 5.84. The van der Waals surface area contributed by atoms with Crippen LogP contribution in [0.2, 0.25) is 5.02 Å². The van der Waals surface area contributed by atoms with E-state index in [0.29, 0.717) is 17.0 Å². The van der Waals surface area contributed by atoms with Crippen molar-refractivity contribution in [2.75, 3.05) is 0 Å². The Hall–Kier alpha value is -1.52. The Labute approximate surface area is 147 Å². The van der Waals surface area contributed by atoms with Crippen LogP contribution in [-0.4, -0.2) is 17.3 Å². The standard InChI is InChI=1S/C18H14BrClO3/c1-10-6-7-18(17(23)11-4-2-3-5-14(11)20)12(8-10)16(22)13(19)9-15(18)21/h2-6,9,12H,7-8H2,1H3. The molecule has 0 fully saturated rings. The largest absolute Gasteiger partial charge is 0.294 e. The van der Waals surface area contributed by atoms with Gasteiger partial charge in [0.2, 0.25) is 0 Å². The number of hydrogen-bond acceptors (Lipinski definition) is 3. The summed E-state index contributed by atoms with van der Waals surface area (Å²) in [5, 5.41) is 0.297. The van der Waals surface area contributed by atoms with Crippen LogP contribution in [0.4, 0.5) is 0 Å². The van der Waals surface area contributed by atoms with Gasteiger partial charge in [-0.15, -0.1) is 0 Å². The van der Waals surface area contributed by atoms with Gasteiger partial charge in [0, 0.05) is 17.6 Å². The van der Waals surface area contributed by atoms with Crippen LogP contribution in [0.1, 0.15) is 30.1 Å². The molecule has 0 aliphatic heterocycles. The number of halogens is 2. The maximum absolute atomic E-state index is 13.2. The van der Waals surface area contributed by atoms with Gasteiger partial charge in [0.15, 0.2) is 17.3 Å². The molecule has 0 radical (unpaired) electrons. The summed E-state index contributed by atoms with van der Waals surface area (Å²) in [4.78, 5) is 38.6. The number of fused-ring (bicyclic) bond motifs is 1. The molecule has 2 aliphatic rings. The van der Waals surface area contributed by atoms with Gasteiger partial charge in [-0.2, -0.15) is 0 Å². The first-order valence-electron chi connectivity index (χ1n) is 7.28. The molecule has 5 heteroatoms. The van der Waals surface area contributed by atoms with Crippen molar-refractivity contribution in [3.05, 3.63) is 57.1 Å². The number of Topliss-reactive ketones (excluding diaryl/α,β-unsaturated/α-hetero) is 2. The van der Waals surface area contributed by atoms with E-state index in [0.717, 1.165) is 5.57 Å². The lowest BCUT2D eigenvalue weighted by atomic mass is 9.58. The summed E-state index contributed by atoms with van der Waals surface area (Å²) in [6.07, 6.45) is 3.75. The molecule has 0 amide bonds. The second-order valence-corrected chi connectivity index (χ2v) is 7.27. The molecule has 3 rings (SSSR count). The first kappa shape index (κ1) is 16.3. The molecule has 0 aromatic heterocycles. The Kier molecular flexibility index (Phi) is 4.15. The monoisotopic (exact) mass is 392 g/mol. The fourth-order valence-electron chi connectivity index (χ4n) is 3.38. The fraction of sp³-hybridized carbons (Fsp3) is 0.278. The van der Waals surface area contributed by atoms with Gasteiger partial charge in [-0.3, -0.25) is 14.4 Å². The van der Waals surface area contributed by atoms with Gasteiger partial charge in [0.25, 0.3) is 0 Å². The van der Waals surface area contributed by atoms with E-state index in [9.17, 15) is 14.4 Å². The summed E-state index contributed by atoms with van der Waals surface area (Å²) in [6, 6.07) is 6.65. The summed E-state index contributed by atoms with van der Waals surface area (Å²) in [6.45, 7) is 1.91. The molecule has 2 unspecified atom stereocenters. The van der Waals surface area contributed by atoms with Gasteiger partial charge >= 0.3 is 0 Å². The Morgan fingerprint density at radius 1 is 1.30 bits per heavy atom. The molecule has 0 spiro atoms. The van der Waals surface area contributed by atoms with E-state index in [1.165, 1.54) is 6.08 Å². The maximum Gasteiger partial charge on any atom is 0.179 e. The number of ketones is 3. The molecule has 1 aromatic rings. The molecule has 1 aromatic carbocycles. The van der Waals surface area contributed by atoms with Crippen LogP contribution in [0.25, 0.3) is 0 Å². The summed E-state index contributed by atoms with van der Waals surface area (Å²) in [7, 11) is 0. The topological polar surface area (TPSA) is 51.2 Å². The molecule has 0 bridgehead atoms. The number of allylic oxidation sites excluding steroid dienone is 4. The molecule has 0 N–H and O–H groups in total. The number of carbonyl (C=O) groups excluding carboxylic acids is 3. The first-order chi connectivity index (χ1) is 10.9. The molecule has 3 nitrogen and oxygen atoms in total. The summed E-state index contributed by atoms with van der Waals surface area (Å²) < 4.78 is 0.241. The molecule has 0 heterocycles. The Balaban J connectivity index is 2.20. The highest BCUT2D eigenvalue weighted by molar-refractivity contribution is 9.12. The Bertz CT molecular complexity index is 793. The van der Waals surface area contributed by atoms with E-state index in [2.05, 4.69) is 15.9 Å². The van der Waals surface area contributed by atoms with Gasteiger partial charge < -0.3 is 0 Å². The van der Waals surface area contributed by atoms with Crippen LogP contribution < -0.4 is 0 Å². The molecule has 0 saturated carbocycles. The van der Waals surface area contributed by atoms with Crippen molar-refractivity contribution >= 4 is 44.9 Å². The third-order valence-electron chi connectivity index (χ3n) is 4.67. The SMILES string of the molecule is CC1=CCC2(C(=O)c3ccccc3Cl)C(=O)C=C(Br)C(=O)C2C1. The first-order valence-corrected chi connectivity index (χ1v) is 8.46. The van der Waals surface area contributed by atoms with E-state index >= 15 is 0 Å². The molecule has 0 saturated heterocycles. The van der Waals surface area contributed by atoms with Gasteiger partial charge in [-0.1, -0.05) is 35.4 Å². The highest BCUT2D eigenvalue weighted by atomic mass is 79.9. The zero-order valence-electron chi connectivity index (χ0n) is 12.4. The van der Waals surface area contributed by atoms with Gasteiger partial charge in [0.1, 0.15) is 5.41 Å². The number of hydrogen-bond donors (Lipinski definition) is 0. The Morgan fingerprint density at radius 2 is 2.00 bits per heavy atom. The van der Waals surface area contributed by atoms with Crippen LogP contribution in [-0.2, 0) is 9.59 Å². The Morgan fingerprint density at radius 3 is 2.70 bits per heavy atom. The minimum absolute atomic E-state index is 0.197. The van der Waals surface area contributed by atoms with Gasteiger partial charge in [0.05, 0.1) is 9.51 Å². The number of carbonyl (C=O) groups is 3. The van der Waals surface area contributed by atoms with Crippen LogP contribution in [0.3, 0.4) is 0 Å². The van der Waals surface area contributed by atoms with E-state index < -0.39 is 11.3 Å². The lowest BCUT2D eigenvalue weighted by Crippen LogP contribution is -2.52. The molecular formula is C18H14BrClO3. The third kappa shape index (κ3) is 2.45. The van der Waals surface area contributed by atoms with Crippen molar-refractivity contribution in [1.82, 2.24) is 0 Å². The van der Waals surface area contributed by atoms with E-state index in [4.69, 9.17) is 11.6 Å². The second-order valence-electron chi connectivity index (χ2n) is 6.01. The van der Waals surface area contributed by atoms with Crippen LogP contribution >= 0.6 is 27.5 Å². The van der Waals surface area contributed by atoms with Gasteiger partial charge in [-0.05, 0) is 47.8 Å². The van der Waals surface area contributed by atoms with Crippen molar-refractivity contribution in [2.45, 2.75) is 19.8 Å². The smallest absolute Gasteiger partial charge is 0.179 e. The molecule has 2 atom stereocenters. The van der Waals surface area contributed by atoms with Crippen molar-refractivity contribution in [1.29, 1.82) is 0 Å². The van der Waals surface area contributed by atoms with Crippen molar-refractivity contribution in [2.24, 2.45) is 11.3 Å². The lowest BCUT2D eigenvalue weighted by molar-refractivity contribution is -0.133. The minimum atomic E-state index is -1.38. The van der Waals surface area contributed by atoms with Crippen LogP contribution in [0.15, 0.2) is 46.5 Å². The van der Waals surface area contributed by atoms with E-state index in [1.807, 2.05) is 13.0 Å². The lowest BCUT2D eigenvalue weighted by Gasteiger charge is -2.41. The van der Waals surface area contributed by atoms with Gasteiger partial charge in [-0.25, -0.2) is 0 Å². The summed E-state index contributed by atoms with van der Waals surface area (Å²) in [5.74, 6) is -1.57. The number of rotatable bonds is 2. The van der Waals surface area contributed by atoms with E-state index in [-0.39, 0.29) is 28.3 Å². The molecule has 118 valence electrons. The fourth-order valence-corrected chi connectivity index (χ4v) is 4.08. The van der Waals surface area contributed by atoms with Crippen LogP contribution in [0.5, 0.6) is 0 Å². The number of benzene rings is 1. The van der Waals surface area contributed by atoms with Crippen LogP contribution in [0, 0.1) is 11.3 Å². The van der Waals surface area contributed by atoms with Crippen molar-refractivity contribution in [3.8, 4) is 0 Å². The highest BCUT2D eigenvalue weighted by Crippen LogP contribution is 2.49. The zero-order valence-corrected chi connectivity index (χ0v) is 14.8. The predicted molar refractivity (Wildman–Crippen MR) is 91.7 cm³/mol. The molecule has 23 heavy (non-hydrogen) atoms. The quantitative estimate of drug-likeness (QED) is 0.428. The van der Waals surface area contributed by atoms with Crippen molar-refractivity contribution in [3.63, 3.8) is 0 Å². The predicted octanol–water partition coefficient (Wildman–Crippen LogP) is 4.30. The van der Waals surface area contributed by atoms with E-state index in [1.54, 1.807) is 24.3 Å². The minimum Gasteiger partial charge on any atom is -0.294 e. The molecule has 2 aliphatic carbocycles.